The summed E-state index contributed by atoms with van der Waals surface area (Å²) in [6, 6.07) is 7.86. The summed E-state index contributed by atoms with van der Waals surface area (Å²) in [5.41, 5.74) is 2.75. The third kappa shape index (κ3) is 3.98. The van der Waals surface area contributed by atoms with Crippen molar-refractivity contribution >= 4 is 17.2 Å². The minimum Gasteiger partial charge on any atom is -0.396 e. The molecular weight excluding hydrogens is 308 g/mol. The van der Waals surface area contributed by atoms with Crippen molar-refractivity contribution in [1.29, 1.82) is 0 Å². The van der Waals surface area contributed by atoms with Crippen LogP contribution in [0, 0.1) is 12.8 Å². The lowest BCUT2D eigenvalue weighted by Gasteiger charge is -2.27. The van der Waals surface area contributed by atoms with Gasteiger partial charge in [-0.2, -0.15) is 0 Å². The van der Waals surface area contributed by atoms with Gasteiger partial charge in [0.25, 0.3) is 5.91 Å². The molecule has 0 aliphatic heterocycles. The molecule has 0 radical (unpaired) electrons. The predicted octanol–water partition coefficient (Wildman–Crippen LogP) is 3.40. The molecule has 1 aromatic carbocycles. The Morgan fingerprint density at radius 1 is 1.26 bits per heavy atom. The molecule has 0 atom stereocenters. The maximum atomic E-state index is 12.3. The van der Waals surface area contributed by atoms with Gasteiger partial charge in [0, 0.05) is 34.8 Å². The SMILES string of the molecule is Cc1csc(-c2ccc(C(=O)NC3CCC(CO)CC3)cc2)n1. The van der Waals surface area contributed by atoms with Crippen molar-refractivity contribution in [3.63, 3.8) is 0 Å². The van der Waals surface area contributed by atoms with E-state index in [0.717, 1.165) is 41.9 Å². The molecule has 3 rings (SSSR count). The zero-order valence-electron chi connectivity index (χ0n) is 13.3. The Morgan fingerprint density at radius 3 is 2.52 bits per heavy atom. The topological polar surface area (TPSA) is 62.2 Å². The average molecular weight is 330 g/mol. The molecule has 1 heterocycles. The second kappa shape index (κ2) is 7.23. The van der Waals surface area contributed by atoms with Gasteiger partial charge in [-0.15, -0.1) is 11.3 Å². The van der Waals surface area contributed by atoms with Crippen LogP contribution in [0.3, 0.4) is 0 Å². The number of carbonyl (C=O) groups is 1. The van der Waals surface area contributed by atoms with Crippen LogP contribution in [0.2, 0.25) is 0 Å². The van der Waals surface area contributed by atoms with E-state index in [4.69, 9.17) is 5.11 Å². The van der Waals surface area contributed by atoms with Crippen LogP contribution in [0.1, 0.15) is 41.7 Å². The van der Waals surface area contributed by atoms with Gasteiger partial charge in [-0.1, -0.05) is 12.1 Å². The number of rotatable bonds is 4. The van der Waals surface area contributed by atoms with Gasteiger partial charge in [-0.05, 0) is 50.7 Å². The van der Waals surface area contributed by atoms with Crippen LogP contribution >= 0.6 is 11.3 Å². The molecular formula is C18H22N2O2S. The first-order valence-electron chi connectivity index (χ1n) is 8.10. The molecule has 2 aromatic rings. The third-order valence-corrected chi connectivity index (χ3v) is 5.46. The third-order valence-electron chi connectivity index (χ3n) is 4.45. The van der Waals surface area contributed by atoms with Crippen molar-refractivity contribution < 1.29 is 9.90 Å². The fourth-order valence-corrected chi connectivity index (χ4v) is 3.81. The van der Waals surface area contributed by atoms with E-state index in [-0.39, 0.29) is 18.6 Å². The molecule has 1 fully saturated rings. The summed E-state index contributed by atoms with van der Waals surface area (Å²) < 4.78 is 0. The molecule has 1 aliphatic carbocycles. The number of aliphatic hydroxyl groups is 1. The number of amides is 1. The van der Waals surface area contributed by atoms with E-state index in [9.17, 15) is 4.79 Å². The quantitative estimate of drug-likeness (QED) is 0.903. The Morgan fingerprint density at radius 2 is 1.96 bits per heavy atom. The Hall–Kier alpha value is -1.72. The summed E-state index contributed by atoms with van der Waals surface area (Å²) in [5.74, 6) is 0.392. The second-order valence-electron chi connectivity index (χ2n) is 6.25. The number of nitrogens with one attached hydrogen (secondary N) is 1. The Labute approximate surface area is 140 Å². The number of hydrogen-bond acceptors (Lipinski definition) is 4. The molecule has 1 aliphatic rings. The monoisotopic (exact) mass is 330 g/mol. The van der Waals surface area contributed by atoms with E-state index in [2.05, 4.69) is 10.3 Å². The van der Waals surface area contributed by atoms with Crippen LogP contribution in [0.15, 0.2) is 29.6 Å². The highest BCUT2D eigenvalue weighted by Crippen LogP contribution is 2.25. The minimum atomic E-state index is -0.0145. The summed E-state index contributed by atoms with van der Waals surface area (Å²) in [6.45, 7) is 2.24. The number of nitrogens with zero attached hydrogens (tertiary/aromatic N) is 1. The normalized spacial score (nSPS) is 21.1. The Balaban J connectivity index is 1.60. The first-order valence-corrected chi connectivity index (χ1v) is 8.98. The second-order valence-corrected chi connectivity index (χ2v) is 7.10. The average Bonchev–Trinajstić information content (AvgIpc) is 3.02. The lowest BCUT2D eigenvalue weighted by atomic mass is 9.86. The van der Waals surface area contributed by atoms with Gasteiger partial charge in [-0.25, -0.2) is 4.98 Å². The van der Waals surface area contributed by atoms with E-state index < -0.39 is 0 Å². The molecule has 2 N–H and O–H groups in total. The van der Waals surface area contributed by atoms with Crippen LogP contribution in [0.5, 0.6) is 0 Å². The van der Waals surface area contributed by atoms with E-state index in [1.807, 2.05) is 36.6 Å². The zero-order chi connectivity index (χ0) is 16.2. The van der Waals surface area contributed by atoms with Gasteiger partial charge >= 0.3 is 0 Å². The fourth-order valence-electron chi connectivity index (χ4n) is 3.01. The highest BCUT2D eigenvalue weighted by Gasteiger charge is 2.22. The first kappa shape index (κ1) is 16.1. The summed E-state index contributed by atoms with van der Waals surface area (Å²) in [7, 11) is 0. The predicted molar refractivity (Wildman–Crippen MR) is 92.6 cm³/mol. The number of aliphatic hydroxyl groups excluding tert-OH is 1. The molecule has 0 unspecified atom stereocenters. The lowest BCUT2D eigenvalue weighted by molar-refractivity contribution is 0.0914. The van der Waals surface area contributed by atoms with Crippen molar-refractivity contribution in [2.24, 2.45) is 5.92 Å². The molecule has 122 valence electrons. The minimum absolute atomic E-state index is 0.0145. The van der Waals surface area contributed by atoms with Crippen molar-refractivity contribution in [3.8, 4) is 10.6 Å². The molecule has 4 nitrogen and oxygen atoms in total. The maximum absolute atomic E-state index is 12.3. The summed E-state index contributed by atoms with van der Waals surface area (Å²) in [5, 5.41) is 15.3. The number of benzene rings is 1. The summed E-state index contributed by atoms with van der Waals surface area (Å²) >= 11 is 1.62. The van der Waals surface area contributed by atoms with E-state index in [1.54, 1.807) is 11.3 Å². The van der Waals surface area contributed by atoms with Crippen LogP contribution in [0.4, 0.5) is 0 Å². The van der Waals surface area contributed by atoms with Gasteiger partial charge in [0.1, 0.15) is 5.01 Å². The number of hydrogen-bond donors (Lipinski definition) is 2. The largest absolute Gasteiger partial charge is 0.396 e. The van der Waals surface area contributed by atoms with Crippen molar-refractivity contribution in [2.45, 2.75) is 38.6 Å². The van der Waals surface area contributed by atoms with Crippen LogP contribution < -0.4 is 5.32 Å². The molecule has 23 heavy (non-hydrogen) atoms. The standard InChI is InChI=1S/C18H22N2O2S/c1-12-11-23-18(19-12)15-6-4-14(5-7-15)17(22)20-16-8-2-13(10-21)3-9-16/h4-7,11,13,16,21H,2-3,8-10H2,1H3,(H,20,22). The Kier molecular flexibility index (Phi) is 5.08. The van der Waals surface area contributed by atoms with Crippen LogP contribution in [-0.4, -0.2) is 28.6 Å². The number of aryl methyl sites for hydroxylation is 1. The fraction of sp³-hybridized carbons (Fsp3) is 0.444. The Bertz CT molecular complexity index is 658. The highest BCUT2D eigenvalue weighted by molar-refractivity contribution is 7.13. The molecule has 1 saturated carbocycles. The van der Waals surface area contributed by atoms with Crippen molar-refractivity contribution in [2.75, 3.05) is 6.61 Å². The van der Waals surface area contributed by atoms with Gasteiger partial charge in [0.2, 0.25) is 0 Å². The number of aromatic nitrogens is 1. The molecule has 5 heteroatoms. The highest BCUT2D eigenvalue weighted by atomic mass is 32.1. The van der Waals surface area contributed by atoms with Crippen molar-refractivity contribution in [1.82, 2.24) is 10.3 Å². The molecule has 0 spiro atoms. The summed E-state index contributed by atoms with van der Waals surface area (Å²) in [4.78, 5) is 16.8. The van der Waals surface area contributed by atoms with Gasteiger partial charge in [0.15, 0.2) is 0 Å². The van der Waals surface area contributed by atoms with Crippen LogP contribution in [-0.2, 0) is 0 Å². The zero-order valence-corrected chi connectivity index (χ0v) is 14.1. The summed E-state index contributed by atoms with van der Waals surface area (Å²) in [6.07, 6.45) is 3.88. The number of carbonyl (C=O) groups excluding carboxylic acids is 1. The van der Waals surface area contributed by atoms with E-state index in [1.165, 1.54) is 0 Å². The van der Waals surface area contributed by atoms with Crippen LogP contribution in [0.25, 0.3) is 10.6 Å². The maximum Gasteiger partial charge on any atom is 0.251 e. The first-order chi connectivity index (χ1) is 11.2. The van der Waals surface area contributed by atoms with Gasteiger partial charge in [0.05, 0.1) is 0 Å². The van der Waals surface area contributed by atoms with Crippen molar-refractivity contribution in [3.05, 3.63) is 40.9 Å². The van der Waals surface area contributed by atoms with Gasteiger partial charge < -0.3 is 10.4 Å². The number of thiazole rings is 1. The van der Waals surface area contributed by atoms with E-state index >= 15 is 0 Å². The van der Waals surface area contributed by atoms with Gasteiger partial charge in [-0.3, -0.25) is 4.79 Å². The molecule has 0 saturated heterocycles. The molecule has 0 bridgehead atoms. The van der Waals surface area contributed by atoms with E-state index in [0.29, 0.717) is 11.5 Å². The smallest absolute Gasteiger partial charge is 0.251 e. The molecule has 1 aromatic heterocycles. The molecule has 1 amide bonds. The lowest BCUT2D eigenvalue weighted by Crippen LogP contribution is -2.38.